The fraction of sp³-hybridized carbons (Fsp3) is 0. The van der Waals surface area contributed by atoms with Crippen LogP contribution >= 0.6 is 0 Å². The van der Waals surface area contributed by atoms with Crippen LogP contribution in [0.2, 0.25) is 0 Å². The summed E-state index contributed by atoms with van der Waals surface area (Å²) in [7, 11) is -3.80. The van der Waals surface area contributed by atoms with Gasteiger partial charge in [-0.1, -0.05) is 48.5 Å². The molecule has 0 saturated carbocycles. The van der Waals surface area contributed by atoms with Crippen LogP contribution in [0.15, 0.2) is 84.0 Å². The van der Waals surface area contributed by atoms with Gasteiger partial charge in [0.2, 0.25) is 5.91 Å². The predicted octanol–water partition coefficient (Wildman–Crippen LogP) is 3.39. The Balaban J connectivity index is 1.83. The first-order valence-corrected chi connectivity index (χ1v) is 10.5. The van der Waals surface area contributed by atoms with E-state index in [1.165, 1.54) is 18.3 Å². The number of primary amides is 1. The van der Waals surface area contributed by atoms with E-state index in [0.717, 1.165) is 0 Å². The Kier molecular flexibility index (Phi) is 5.07. The summed E-state index contributed by atoms with van der Waals surface area (Å²) < 4.78 is 28.2. The molecule has 0 unspecified atom stereocenters. The molecule has 2 heterocycles. The van der Waals surface area contributed by atoms with E-state index in [9.17, 15) is 13.2 Å². The maximum absolute atomic E-state index is 12.8. The highest BCUT2D eigenvalue weighted by molar-refractivity contribution is 7.92. The number of aromatic nitrogens is 2. The summed E-state index contributed by atoms with van der Waals surface area (Å²) in [6.07, 6.45) is 4.78. The van der Waals surface area contributed by atoms with Crippen molar-refractivity contribution in [2.24, 2.45) is 5.73 Å². The third-order valence-electron chi connectivity index (χ3n) is 4.55. The number of carbonyl (C=O) groups is 1. The van der Waals surface area contributed by atoms with Crippen LogP contribution in [-0.4, -0.2) is 24.3 Å². The lowest BCUT2D eigenvalue weighted by Gasteiger charge is -2.10. The minimum Gasteiger partial charge on any atom is -0.366 e. The van der Waals surface area contributed by atoms with Crippen molar-refractivity contribution in [2.45, 2.75) is 4.90 Å². The highest BCUT2D eigenvalue weighted by Gasteiger charge is 2.18. The summed E-state index contributed by atoms with van der Waals surface area (Å²) in [6, 6.07) is 18.7. The van der Waals surface area contributed by atoms with Gasteiger partial charge >= 0.3 is 0 Å². The smallest absolute Gasteiger partial charge is 0.261 e. The zero-order chi connectivity index (χ0) is 21.1. The number of anilines is 1. The molecule has 0 aliphatic rings. The standard InChI is InChI=1S/C22H18N4O3S/c23-21(27)18(15-7-3-1-4-8-15)13-16-14-25-22-20(16)19(11-12-24-22)26-30(28,29)17-9-5-2-6-10-17/h1-14H,(H2,23,27)(H2,24,25,26)/b18-13-. The van der Waals surface area contributed by atoms with Crippen LogP contribution in [0.1, 0.15) is 11.1 Å². The number of benzene rings is 2. The van der Waals surface area contributed by atoms with Crippen molar-refractivity contribution in [3.05, 3.63) is 90.3 Å². The Morgan fingerprint density at radius 3 is 2.33 bits per heavy atom. The highest BCUT2D eigenvalue weighted by Crippen LogP contribution is 2.30. The molecule has 0 spiro atoms. The monoisotopic (exact) mass is 418 g/mol. The molecule has 8 heteroatoms. The first-order chi connectivity index (χ1) is 14.5. The summed E-state index contributed by atoms with van der Waals surface area (Å²) >= 11 is 0. The number of carbonyl (C=O) groups excluding carboxylic acids is 1. The largest absolute Gasteiger partial charge is 0.366 e. The van der Waals surface area contributed by atoms with E-state index < -0.39 is 15.9 Å². The van der Waals surface area contributed by atoms with Crippen LogP contribution in [0.5, 0.6) is 0 Å². The third-order valence-corrected chi connectivity index (χ3v) is 5.93. The summed E-state index contributed by atoms with van der Waals surface area (Å²) in [5.74, 6) is -0.592. The van der Waals surface area contributed by atoms with Crippen LogP contribution in [0.25, 0.3) is 22.7 Å². The third kappa shape index (κ3) is 3.81. The second kappa shape index (κ2) is 7.84. The van der Waals surface area contributed by atoms with E-state index in [4.69, 9.17) is 5.73 Å². The number of rotatable bonds is 6. The van der Waals surface area contributed by atoms with Gasteiger partial charge in [-0.3, -0.25) is 9.52 Å². The number of sulfonamides is 1. The van der Waals surface area contributed by atoms with E-state index in [1.807, 2.05) is 18.2 Å². The Bertz CT molecular complexity index is 1350. The van der Waals surface area contributed by atoms with Gasteiger partial charge in [-0.2, -0.15) is 0 Å². The zero-order valence-corrected chi connectivity index (χ0v) is 16.6. The Labute approximate surface area is 173 Å². The summed E-state index contributed by atoms with van der Waals surface area (Å²) in [4.78, 5) is 19.5. The molecule has 0 atom stereocenters. The molecule has 30 heavy (non-hydrogen) atoms. The summed E-state index contributed by atoms with van der Waals surface area (Å²) in [5, 5.41) is 0.534. The number of pyridine rings is 1. The molecule has 7 nitrogen and oxygen atoms in total. The predicted molar refractivity (Wildman–Crippen MR) is 117 cm³/mol. The van der Waals surface area contributed by atoms with Crippen molar-refractivity contribution >= 4 is 44.3 Å². The quantitative estimate of drug-likeness (QED) is 0.416. The molecule has 0 saturated heterocycles. The first kappa shape index (κ1) is 19.4. The van der Waals surface area contributed by atoms with Crippen LogP contribution in [-0.2, 0) is 14.8 Å². The number of nitrogens with one attached hydrogen (secondary N) is 2. The Morgan fingerprint density at radius 2 is 1.67 bits per heavy atom. The minimum absolute atomic E-state index is 0.143. The van der Waals surface area contributed by atoms with Gasteiger partial charge in [0.25, 0.3) is 10.0 Å². The average Bonchev–Trinajstić information content (AvgIpc) is 3.17. The summed E-state index contributed by atoms with van der Waals surface area (Å²) in [5.41, 5.74) is 7.97. The van der Waals surface area contributed by atoms with Gasteiger partial charge in [0.1, 0.15) is 5.65 Å². The molecule has 0 aliphatic heterocycles. The van der Waals surface area contributed by atoms with E-state index in [-0.39, 0.29) is 4.90 Å². The second-order valence-electron chi connectivity index (χ2n) is 6.53. The van der Waals surface area contributed by atoms with Crippen LogP contribution in [0.3, 0.4) is 0 Å². The van der Waals surface area contributed by atoms with Crippen molar-refractivity contribution in [2.75, 3.05) is 4.72 Å². The van der Waals surface area contributed by atoms with Crippen molar-refractivity contribution in [1.82, 2.24) is 9.97 Å². The van der Waals surface area contributed by atoms with Crippen LogP contribution in [0.4, 0.5) is 5.69 Å². The number of H-pyrrole nitrogens is 1. The molecule has 4 aromatic rings. The molecule has 4 N–H and O–H groups in total. The van der Waals surface area contributed by atoms with E-state index in [2.05, 4.69) is 14.7 Å². The van der Waals surface area contributed by atoms with Crippen LogP contribution < -0.4 is 10.5 Å². The Morgan fingerprint density at radius 1 is 1.00 bits per heavy atom. The van der Waals surface area contributed by atoms with Crippen molar-refractivity contribution in [3.63, 3.8) is 0 Å². The highest BCUT2D eigenvalue weighted by atomic mass is 32.2. The fourth-order valence-electron chi connectivity index (χ4n) is 3.15. The number of aromatic amines is 1. The van der Waals surface area contributed by atoms with E-state index in [1.54, 1.807) is 48.7 Å². The van der Waals surface area contributed by atoms with E-state index in [0.29, 0.717) is 33.4 Å². The molecule has 150 valence electrons. The maximum Gasteiger partial charge on any atom is 0.261 e. The number of nitrogens with two attached hydrogens (primary N) is 1. The number of nitrogens with zero attached hydrogens (tertiary/aromatic N) is 1. The fourth-order valence-corrected chi connectivity index (χ4v) is 4.25. The molecular weight excluding hydrogens is 400 g/mol. The molecule has 2 aromatic heterocycles. The van der Waals surface area contributed by atoms with E-state index >= 15 is 0 Å². The molecule has 2 aromatic carbocycles. The van der Waals surface area contributed by atoms with Gasteiger partial charge in [-0.15, -0.1) is 0 Å². The number of fused-ring (bicyclic) bond motifs is 1. The number of hydrogen-bond acceptors (Lipinski definition) is 4. The zero-order valence-electron chi connectivity index (χ0n) is 15.7. The topological polar surface area (TPSA) is 118 Å². The molecule has 0 bridgehead atoms. The minimum atomic E-state index is -3.80. The molecule has 1 amide bonds. The average molecular weight is 418 g/mol. The molecular formula is C22H18N4O3S. The van der Waals surface area contributed by atoms with Crippen molar-refractivity contribution in [3.8, 4) is 0 Å². The van der Waals surface area contributed by atoms with Gasteiger partial charge in [-0.05, 0) is 29.8 Å². The van der Waals surface area contributed by atoms with Gasteiger partial charge < -0.3 is 10.7 Å². The van der Waals surface area contributed by atoms with Crippen molar-refractivity contribution in [1.29, 1.82) is 0 Å². The lowest BCUT2D eigenvalue weighted by atomic mass is 10.0. The molecule has 0 aliphatic carbocycles. The second-order valence-corrected chi connectivity index (χ2v) is 8.22. The number of amides is 1. The summed E-state index contributed by atoms with van der Waals surface area (Å²) in [6.45, 7) is 0. The first-order valence-electron chi connectivity index (χ1n) is 9.06. The van der Waals surface area contributed by atoms with Gasteiger partial charge in [0.15, 0.2) is 0 Å². The van der Waals surface area contributed by atoms with Crippen LogP contribution in [0, 0.1) is 0 Å². The SMILES string of the molecule is NC(=O)/C(=C\c1c[nH]c2nccc(NS(=O)(=O)c3ccccc3)c12)c1ccccc1. The van der Waals surface area contributed by atoms with Gasteiger partial charge in [-0.25, -0.2) is 13.4 Å². The normalized spacial score (nSPS) is 12.1. The van der Waals surface area contributed by atoms with Gasteiger partial charge in [0, 0.05) is 23.5 Å². The lowest BCUT2D eigenvalue weighted by Crippen LogP contribution is -2.13. The molecule has 4 rings (SSSR count). The van der Waals surface area contributed by atoms with Gasteiger partial charge in [0.05, 0.1) is 16.0 Å². The molecule has 0 radical (unpaired) electrons. The molecule has 0 fully saturated rings. The number of hydrogen-bond donors (Lipinski definition) is 3. The van der Waals surface area contributed by atoms with Crippen molar-refractivity contribution < 1.29 is 13.2 Å². The lowest BCUT2D eigenvalue weighted by molar-refractivity contribution is -0.112. The Hall–Kier alpha value is -3.91. The maximum atomic E-state index is 12.8.